The molecule has 16 N–H and O–H groups in total. The highest BCUT2D eigenvalue weighted by atomic mass is 32.2. The topological polar surface area (TPSA) is 426 Å². The van der Waals surface area contributed by atoms with Gasteiger partial charge in [-0.2, -0.15) is 24.4 Å². The van der Waals surface area contributed by atoms with Crippen LogP contribution in [-0.4, -0.2) is 171 Å². The fourth-order valence-corrected chi connectivity index (χ4v) is 6.64. The smallest absolute Gasteiger partial charge is 0.327 e. The van der Waals surface area contributed by atoms with E-state index in [0.717, 1.165) is 0 Å². The van der Waals surface area contributed by atoms with Crippen LogP contribution < -0.4 is 59.3 Å². The molecule has 0 unspecified atom stereocenters. The highest BCUT2D eigenvalue weighted by molar-refractivity contribution is 7.98. The molecule has 0 aliphatic rings. The molecule has 10 amide bonds. The van der Waals surface area contributed by atoms with Crippen LogP contribution in [0.3, 0.4) is 0 Å². The predicted molar refractivity (Wildman–Crippen MR) is 254 cm³/mol. The van der Waals surface area contributed by atoms with E-state index in [9.17, 15) is 67.7 Å². The normalized spacial score (nSPS) is 15.4. The van der Waals surface area contributed by atoms with Crippen LogP contribution in [0.4, 0.5) is 0 Å². The summed E-state index contributed by atoms with van der Waals surface area (Å²) in [6, 6.07) is -13.6. The molecule has 0 spiro atoms. The van der Waals surface area contributed by atoms with Gasteiger partial charge in [-0.1, -0.05) is 27.7 Å². The van der Waals surface area contributed by atoms with Gasteiger partial charge in [0.15, 0.2) is 0 Å². The zero-order valence-corrected chi connectivity index (χ0v) is 41.8. The molecule has 0 bridgehead atoms. The minimum Gasteiger partial charge on any atom is -0.481 e. The second-order valence-electron chi connectivity index (χ2n) is 16.9. The minimum absolute atomic E-state index is 0.0206. The van der Waals surface area contributed by atoms with Crippen molar-refractivity contribution in [3.05, 3.63) is 0 Å². The first-order valence-corrected chi connectivity index (χ1v) is 24.0. The van der Waals surface area contributed by atoms with E-state index in [1.165, 1.54) is 32.5 Å². The van der Waals surface area contributed by atoms with Gasteiger partial charge < -0.3 is 74.6 Å². The van der Waals surface area contributed by atoms with Crippen LogP contribution in [0.1, 0.15) is 87.0 Å². The van der Waals surface area contributed by atoms with E-state index in [2.05, 4.69) is 60.5 Å². The highest BCUT2D eigenvalue weighted by Gasteiger charge is 2.35. The molecule has 392 valence electrons. The highest BCUT2D eigenvalue weighted by Crippen LogP contribution is 2.11. The van der Waals surface area contributed by atoms with Gasteiger partial charge in [0, 0.05) is 18.6 Å². The van der Waals surface area contributed by atoms with Crippen molar-refractivity contribution < 1.29 is 72.9 Å². The zero-order chi connectivity index (χ0) is 53.3. The summed E-state index contributed by atoms with van der Waals surface area (Å²) >= 11 is 5.22. The van der Waals surface area contributed by atoms with Crippen molar-refractivity contribution in [3.8, 4) is 0 Å². The number of thiol groups is 1. The number of nitrogens with two attached hydrogens (primary N) is 2. The summed E-state index contributed by atoms with van der Waals surface area (Å²) in [5, 5.41) is 49.4. The summed E-state index contributed by atoms with van der Waals surface area (Å²) in [6.07, 6.45) is -0.224. The zero-order valence-electron chi connectivity index (χ0n) is 40.0. The average Bonchev–Trinajstić information content (AvgIpc) is 3.26. The Hall–Kier alpha value is -5.74. The molecule has 0 fully saturated rings. The SMILES string of the molecule is CSCC[C@H](NC(=O)[C@@H](NC(=O)[C@H](C)NC(=O)[C@@H](N)CO)C(C)C)C(=O)N[C@@H](C)C(=O)N[C@@H](CC(C)C)C(=O)N[C@@H](CCC(N)=O)C(=O)N[C@@H](CCC(=O)O)C(=O)N[C@@H](C)C(=O)N[C@@H](CS)C(=O)O. The Morgan fingerprint density at radius 3 is 1.32 bits per heavy atom. The fraction of sp³-hybridized carbons (Fsp3) is 0.707. The van der Waals surface area contributed by atoms with Gasteiger partial charge in [0.05, 0.1) is 6.61 Å². The van der Waals surface area contributed by atoms with Crippen molar-refractivity contribution in [1.29, 1.82) is 0 Å². The Kier molecular flexibility index (Phi) is 29.5. The molecule has 0 aromatic heterocycles. The molecule has 26 nitrogen and oxygen atoms in total. The number of hydrogen-bond acceptors (Lipinski definition) is 16. The number of thioether (sulfide) groups is 1. The largest absolute Gasteiger partial charge is 0.481 e. The number of aliphatic hydroxyl groups excluding tert-OH is 1. The molecule has 0 saturated carbocycles. The van der Waals surface area contributed by atoms with Gasteiger partial charge in [0.1, 0.15) is 60.4 Å². The maximum absolute atomic E-state index is 13.8. The number of carboxylic acid groups (broad SMARTS) is 2. The first-order valence-electron chi connectivity index (χ1n) is 22.0. The van der Waals surface area contributed by atoms with Crippen molar-refractivity contribution in [3.63, 3.8) is 0 Å². The van der Waals surface area contributed by atoms with E-state index in [1.807, 2.05) is 0 Å². The maximum atomic E-state index is 13.8. The number of carboxylic acids is 2. The summed E-state index contributed by atoms with van der Waals surface area (Å²) in [7, 11) is 0. The van der Waals surface area contributed by atoms with E-state index >= 15 is 0 Å². The molecule has 0 aliphatic carbocycles. The van der Waals surface area contributed by atoms with Crippen LogP contribution in [0.2, 0.25) is 0 Å². The van der Waals surface area contributed by atoms with Gasteiger partial charge in [-0.05, 0) is 70.3 Å². The molecule has 28 heteroatoms. The quantitative estimate of drug-likeness (QED) is 0.0275. The van der Waals surface area contributed by atoms with E-state index < -0.39 is 170 Å². The van der Waals surface area contributed by atoms with Gasteiger partial charge in [-0.15, -0.1) is 0 Å². The van der Waals surface area contributed by atoms with E-state index in [0.29, 0.717) is 5.75 Å². The Labute approximate surface area is 410 Å². The van der Waals surface area contributed by atoms with E-state index in [4.69, 9.17) is 16.6 Å². The van der Waals surface area contributed by atoms with E-state index in [1.54, 1.807) is 34.0 Å². The second-order valence-corrected chi connectivity index (χ2v) is 18.2. The lowest BCUT2D eigenvalue weighted by Crippen LogP contribution is -2.60. The molecule has 0 radical (unpaired) electrons. The van der Waals surface area contributed by atoms with Gasteiger partial charge >= 0.3 is 11.9 Å². The predicted octanol–water partition coefficient (Wildman–Crippen LogP) is -4.67. The second kappa shape index (κ2) is 32.1. The first-order chi connectivity index (χ1) is 32.1. The molecule has 10 atom stereocenters. The summed E-state index contributed by atoms with van der Waals surface area (Å²) in [6.45, 7) is 9.89. The van der Waals surface area contributed by atoms with Crippen LogP contribution >= 0.6 is 24.4 Å². The summed E-state index contributed by atoms with van der Waals surface area (Å²) in [5.74, 6) is -12.3. The minimum atomic E-state index is -1.63. The molecular formula is C41H71N11O15S2. The van der Waals surface area contributed by atoms with Crippen LogP contribution in [0.15, 0.2) is 0 Å². The summed E-state index contributed by atoms with van der Waals surface area (Å²) in [5.41, 5.74) is 10.8. The summed E-state index contributed by atoms with van der Waals surface area (Å²) in [4.78, 5) is 154. The third-order valence-electron chi connectivity index (χ3n) is 10.0. The monoisotopic (exact) mass is 1020 g/mol. The molecule has 0 heterocycles. The van der Waals surface area contributed by atoms with Crippen molar-refractivity contribution >= 4 is 95.4 Å². The van der Waals surface area contributed by atoms with Crippen LogP contribution in [0, 0.1) is 11.8 Å². The lowest BCUT2D eigenvalue weighted by molar-refractivity contribution is -0.141. The maximum Gasteiger partial charge on any atom is 0.327 e. The Bertz CT molecular complexity index is 1830. The van der Waals surface area contributed by atoms with Crippen molar-refractivity contribution in [1.82, 2.24) is 47.9 Å². The molecule has 0 aromatic rings. The van der Waals surface area contributed by atoms with E-state index in [-0.39, 0.29) is 24.5 Å². The van der Waals surface area contributed by atoms with Crippen molar-refractivity contribution in [2.75, 3.05) is 24.4 Å². The van der Waals surface area contributed by atoms with Gasteiger partial charge in [0.2, 0.25) is 59.1 Å². The molecule has 0 saturated heterocycles. The number of rotatable bonds is 33. The van der Waals surface area contributed by atoms with Gasteiger partial charge in [-0.3, -0.25) is 52.7 Å². The van der Waals surface area contributed by atoms with Crippen molar-refractivity contribution in [2.24, 2.45) is 23.3 Å². The number of aliphatic carboxylic acids is 2. The number of hydrogen-bond donors (Lipinski definition) is 15. The van der Waals surface area contributed by atoms with Gasteiger partial charge in [0.25, 0.3) is 0 Å². The van der Waals surface area contributed by atoms with Crippen LogP contribution in [-0.2, 0) is 57.5 Å². The number of carbonyl (C=O) groups is 12. The molecule has 0 aliphatic heterocycles. The number of nitrogens with one attached hydrogen (secondary N) is 9. The third-order valence-corrected chi connectivity index (χ3v) is 11.0. The van der Waals surface area contributed by atoms with Gasteiger partial charge in [-0.25, -0.2) is 4.79 Å². The first kappa shape index (κ1) is 63.3. The Morgan fingerprint density at radius 2 is 0.913 bits per heavy atom. The lowest BCUT2D eigenvalue weighted by Gasteiger charge is -2.28. The molecule has 0 rings (SSSR count). The lowest BCUT2D eigenvalue weighted by atomic mass is 10.0. The Balaban J connectivity index is 6.28. The number of primary amides is 1. The number of aliphatic hydroxyl groups is 1. The Morgan fingerprint density at radius 1 is 0.522 bits per heavy atom. The summed E-state index contributed by atoms with van der Waals surface area (Å²) < 4.78 is 0. The number of carbonyl (C=O) groups excluding carboxylic acids is 10. The molecule has 0 aromatic carbocycles. The van der Waals surface area contributed by atoms with Crippen molar-refractivity contribution in [2.45, 2.75) is 147 Å². The third kappa shape index (κ3) is 24.4. The number of amides is 10. The molecular weight excluding hydrogens is 951 g/mol. The van der Waals surface area contributed by atoms with Crippen LogP contribution in [0.5, 0.6) is 0 Å². The molecule has 69 heavy (non-hydrogen) atoms. The fourth-order valence-electron chi connectivity index (χ4n) is 5.93. The van der Waals surface area contributed by atoms with Crippen LogP contribution in [0.25, 0.3) is 0 Å². The average molecular weight is 1020 g/mol. The standard InChI is InChI=1S/C41H71N11O15S2/c1-18(2)15-27(39(64)48-24(9-11-29(43)54)38(63)47-25(10-12-30(55)56)36(61)45-21(6)33(58)51-28(17-68)41(66)67)50-32(57)20(5)46-37(62)26(13-14-69-8)49-40(65)31(19(3)4)52-34(59)22(7)44-35(60)23(42)16-53/h18-28,31,53,68H,9-17,42H2,1-8H3,(H2,43,54)(H,44,60)(H,45,61)(H,46,62)(H,47,63)(H,48,64)(H,49,65)(H,50,57)(H,51,58)(H,52,59)(H,55,56)(H,66,67)/t20-,21-,22-,23-,24-,25-,26-,27-,28-,31-/m0/s1.